The monoisotopic (exact) mass is 331 g/mol. The second-order valence-corrected chi connectivity index (χ2v) is 5.70. The van der Waals surface area contributed by atoms with Crippen LogP contribution in [0.5, 0.6) is 11.6 Å². The number of nitrogens with zero attached hydrogens (tertiary/aromatic N) is 1. The number of amides is 1. The SMILES string of the molecule is CCN(CC)C(=O)c1ccc2c(c1)Oc1[nH]c(=S)[nH]c(=O)c1C2. The van der Waals surface area contributed by atoms with Gasteiger partial charge in [-0.05, 0) is 43.8 Å². The summed E-state index contributed by atoms with van der Waals surface area (Å²) in [5, 5.41) is 0. The zero-order chi connectivity index (χ0) is 16.6. The van der Waals surface area contributed by atoms with Crippen molar-refractivity contribution in [2.45, 2.75) is 20.3 Å². The lowest BCUT2D eigenvalue weighted by atomic mass is 10.0. The number of carbonyl (C=O) groups excluding carboxylic acids is 1. The molecule has 3 rings (SSSR count). The van der Waals surface area contributed by atoms with E-state index < -0.39 is 0 Å². The van der Waals surface area contributed by atoms with Gasteiger partial charge in [0.2, 0.25) is 5.88 Å². The van der Waals surface area contributed by atoms with Gasteiger partial charge in [-0.15, -0.1) is 0 Å². The van der Waals surface area contributed by atoms with Crippen molar-refractivity contribution in [3.63, 3.8) is 0 Å². The summed E-state index contributed by atoms with van der Waals surface area (Å²) in [6.07, 6.45) is 0.436. The van der Waals surface area contributed by atoms with Crippen molar-refractivity contribution in [2.75, 3.05) is 13.1 Å². The molecule has 1 amide bonds. The summed E-state index contributed by atoms with van der Waals surface area (Å²) < 4.78 is 5.98. The summed E-state index contributed by atoms with van der Waals surface area (Å²) in [5.74, 6) is 0.886. The third-order valence-corrected chi connectivity index (χ3v) is 4.15. The maximum Gasteiger partial charge on any atom is 0.259 e. The van der Waals surface area contributed by atoms with Crippen LogP contribution in [-0.2, 0) is 6.42 Å². The predicted molar refractivity (Wildman–Crippen MR) is 88.8 cm³/mol. The first-order valence-corrected chi connectivity index (χ1v) is 7.89. The minimum absolute atomic E-state index is 0.0361. The smallest absolute Gasteiger partial charge is 0.259 e. The molecule has 0 aliphatic carbocycles. The summed E-state index contributed by atoms with van der Waals surface area (Å²) in [7, 11) is 0. The summed E-state index contributed by atoms with van der Waals surface area (Å²) in [6.45, 7) is 5.19. The lowest BCUT2D eigenvalue weighted by Crippen LogP contribution is -2.30. The Hall–Kier alpha value is -2.41. The Bertz CT molecular complexity index is 881. The van der Waals surface area contributed by atoms with Gasteiger partial charge in [-0.2, -0.15) is 0 Å². The number of ether oxygens (including phenoxy) is 1. The number of benzene rings is 1. The fourth-order valence-electron chi connectivity index (χ4n) is 2.66. The molecule has 2 aromatic rings. The number of rotatable bonds is 3. The Labute approximate surface area is 138 Å². The predicted octanol–water partition coefficient (Wildman–Crippen LogP) is 2.61. The summed E-state index contributed by atoms with van der Waals surface area (Å²) in [6, 6.07) is 5.32. The largest absolute Gasteiger partial charge is 0.440 e. The number of nitrogens with one attached hydrogen (secondary N) is 2. The molecule has 0 saturated carbocycles. The van der Waals surface area contributed by atoms with Crippen molar-refractivity contribution in [1.29, 1.82) is 0 Å². The molecule has 0 atom stereocenters. The highest BCUT2D eigenvalue weighted by Crippen LogP contribution is 2.34. The molecule has 0 fully saturated rings. The molecular formula is C16H17N3O3S. The van der Waals surface area contributed by atoms with Crippen LogP contribution in [0.15, 0.2) is 23.0 Å². The first-order chi connectivity index (χ1) is 11.0. The Morgan fingerprint density at radius 3 is 2.74 bits per heavy atom. The lowest BCUT2D eigenvalue weighted by Gasteiger charge is -2.22. The van der Waals surface area contributed by atoms with E-state index in [2.05, 4.69) is 9.97 Å². The first-order valence-electron chi connectivity index (χ1n) is 7.49. The maximum absolute atomic E-state index is 12.4. The van der Waals surface area contributed by atoms with E-state index >= 15 is 0 Å². The quantitative estimate of drug-likeness (QED) is 0.723. The van der Waals surface area contributed by atoms with Crippen molar-refractivity contribution in [3.8, 4) is 11.6 Å². The van der Waals surface area contributed by atoms with E-state index in [0.29, 0.717) is 42.3 Å². The third-order valence-electron chi connectivity index (χ3n) is 3.95. The molecule has 0 radical (unpaired) electrons. The number of fused-ring (bicyclic) bond motifs is 2. The van der Waals surface area contributed by atoms with Gasteiger partial charge in [0.05, 0.1) is 5.56 Å². The van der Waals surface area contributed by atoms with Gasteiger partial charge in [0, 0.05) is 25.1 Å². The molecule has 7 heteroatoms. The zero-order valence-corrected chi connectivity index (χ0v) is 13.8. The molecule has 1 aliphatic rings. The Balaban J connectivity index is 1.99. The Morgan fingerprint density at radius 2 is 2.04 bits per heavy atom. The van der Waals surface area contributed by atoms with E-state index in [0.717, 1.165) is 5.56 Å². The minimum atomic E-state index is -0.252. The summed E-state index contributed by atoms with van der Waals surface area (Å²) in [4.78, 5) is 31.5. The number of H-pyrrole nitrogens is 2. The van der Waals surface area contributed by atoms with Crippen LogP contribution >= 0.6 is 12.2 Å². The van der Waals surface area contributed by atoms with Gasteiger partial charge in [0.25, 0.3) is 11.5 Å². The van der Waals surface area contributed by atoms with E-state index in [1.54, 1.807) is 17.0 Å². The van der Waals surface area contributed by atoms with Crippen LogP contribution in [0.3, 0.4) is 0 Å². The molecule has 1 aromatic carbocycles. The number of aromatic amines is 2. The van der Waals surface area contributed by atoms with Gasteiger partial charge in [-0.1, -0.05) is 6.07 Å². The normalized spacial score (nSPS) is 12.1. The molecule has 120 valence electrons. The van der Waals surface area contributed by atoms with Crippen LogP contribution in [0.2, 0.25) is 0 Å². The van der Waals surface area contributed by atoms with E-state index in [9.17, 15) is 9.59 Å². The van der Waals surface area contributed by atoms with Crippen molar-refractivity contribution in [2.24, 2.45) is 0 Å². The van der Waals surface area contributed by atoms with Gasteiger partial charge < -0.3 is 14.6 Å². The molecule has 23 heavy (non-hydrogen) atoms. The van der Waals surface area contributed by atoms with E-state index in [1.807, 2.05) is 19.9 Å². The average molecular weight is 331 g/mol. The van der Waals surface area contributed by atoms with Crippen LogP contribution < -0.4 is 10.3 Å². The second kappa shape index (κ2) is 6.00. The fourth-order valence-corrected chi connectivity index (χ4v) is 2.85. The minimum Gasteiger partial charge on any atom is -0.440 e. The highest BCUT2D eigenvalue weighted by Gasteiger charge is 2.22. The van der Waals surface area contributed by atoms with Crippen LogP contribution in [0.4, 0.5) is 0 Å². The number of aromatic nitrogens is 2. The lowest BCUT2D eigenvalue weighted by molar-refractivity contribution is 0.0772. The molecule has 2 heterocycles. The Morgan fingerprint density at radius 1 is 1.30 bits per heavy atom. The highest BCUT2D eigenvalue weighted by molar-refractivity contribution is 7.71. The van der Waals surface area contributed by atoms with E-state index in [-0.39, 0.29) is 16.2 Å². The molecule has 1 aromatic heterocycles. The summed E-state index contributed by atoms with van der Waals surface area (Å²) >= 11 is 4.96. The fraction of sp³-hybridized carbons (Fsp3) is 0.312. The molecule has 0 saturated heterocycles. The zero-order valence-electron chi connectivity index (χ0n) is 12.9. The molecule has 0 bridgehead atoms. The van der Waals surface area contributed by atoms with Crippen molar-refractivity contribution in [1.82, 2.24) is 14.9 Å². The molecule has 2 N–H and O–H groups in total. The van der Waals surface area contributed by atoms with E-state index in [4.69, 9.17) is 17.0 Å². The van der Waals surface area contributed by atoms with Crippen molar-refractivity contribution < 1.29 is 9.53 Å². The van der Waals surface area contributed by atoms with Crippen molar-refractivity contribution in [3.05, 3.63) is 50.0 Å². The van der Waals surface area contributed by atoms with Crippen molar-refractivity contribution >= 4 is 18.1 Å². The van der Waals surface area contributed by atoms with Crippen LogP contribution in [0, 0.1) is 4.77 Å². The standard InChI is InChI=1S/C16H17N3O3S/c1-3-19(4-2)15(21)10-6-5-9-7-11-13(20)17-16(23)18-14(11)22-12(9)8-10/h5-6,8H,3-4,7H2,1-2H3,(H2,17,18,20,23). The van der Waals surface area contributed by atoms with Gasteiger partial charge in [-0.25, -0.2) is 0 Å². The second-order valence-electron chi connectivity index (χ2n) is 5.29. The number of carbonyl (C=O) groups is 1. The summed E-state index contributed by atoms with van der Waals surface area (Å²) in [5.41, 5.74) is 1.69. The Kier molecular flexibility index (Phi) is 4.04. The maximum atomic E-state index is 12.4. The first kappa shape index (κ1) is 15.5. The molecule has 0 unspecified atom stereocenters. The van der Waals surface area contributed by atoms with Gasteiger partial charge in [-0.3, -0.25) is 14.6 Å². The van der Waals surface area contributed by atoms with Crippen LogP contribution in [-0.4, -0.2) is 33.9 Å². The highest BCUT2D eigenvalue weighted by atomic mass is 32.1. The number of hydrogen-bond acceptors (Lipinski definition) is 4. The van der Waals surface area contributed by atoms with Gasteiger partial charge in [0.1, 0.15) is 5.75 Å². The topological polar surface area (TPSA) is 78.2 Å². The third kappa shape index (κ3) is 2.79. The van der Waals surface area contributed by atoms with E-state index in [1.165, 1.54) is 0 Å². The van der Waals surface area contributed by atoms with Gasteiger partial charge >= 0.3 is 0 Å². The molecule has 1 aliphatic heterocycles. The average Bonchev–Trinajstić information content (AvgIpc) is 2.53. The molecular weight excluding hydrogens is 314 g/mol. The molecule has 6 nitrogen and oxygen atoms in total. The van der Waals surface area contributed by atoms with Crippen LogP contribution in [0.1, 0.15) is 35.3 Å². The number of hydrogen-bond donors (Lipinski definition) is 2. The van der Waals surface area contributed by atoms with Crippen LogP contribution in [0.25, 0.3) is 0 Å². The van der Waals surface area contributed by atoms with Gasteiger partial charge in [0.15, 0.2) is 4.77 Å². The molecule has 0 spiro atoms.